The fourth-order valence-corrected chi connectivity index (χ4v) is 1.03. The maximum Gasteiger partial charge on any atom is 0.239 e. The summed E-state index contributed by atoms with van der Waals surface area (Å²) in [4.78, 5) is 19.3. The van der Waals surface area contributed by atoms with Crippen LogP contribution in [-0.2, 0) is 4.79 Å². The van der Waals surface area contributed by atoms with Crippen LogP contribution in [0.2, 0.25) is 0 Å². The molecular weight excluding hydrogens is 194 g/mol. The highest BCUT2D eigenvalue weighted by atomic mass is 16.1. The highest BCUT2D eigenvalue weighted by Gasteiger charge is 2.02. The van der Waals surface area contributed by atoms with E-state index in [9.17, 15) is 4.79 Å². The molecule has 82 valence electrons. The topological polar surface area (TPSA) is 78.9 Å². The third kappa shape index (κ3) is 3.41. The van der Waals surface area contributed by atoms with Gasteiger partial charge >= 0.3 is 0 Å². The third-order valence-electron chi connectivity index (χ3n) is 1.79. The van der Waals surface area contributed by atoms with Crippen LogP contribution in [0.15, 0.2) is 6.07 Å². The van der Waals surface area contributed by atoms with Crippen LogP contribution in [0.4, 0.5) is 11.8 Å². The summed E-state index contributed by atoms with van der Waals surface area (Å²) in [7, 11) is 3.34. The minimum atomic E-state index is -0.0859. The molecular formula is C9H15N5O. The molecule has 0 unspecified atom stereocenters. The first kappa shape index (κ1) is 11.2. The van der Waals surface area contributed by atoms with Gasteiger partial charge in [0.1, 0.15) is 5.82 Å². The van der Waals surface area contributed by atoms with Crippen molar-refractivity contribution in [3.05, 3.63) is 11.8 Å². The van der Waals surface area contributed by atoms with Crippen LogP contribution < -0.4 is 16.0 Å². The first-order valence-corrected chi connectivity index (χ1v) is 4.63. The number of likely N-dealkylation sites (N-methyl/N-ethyl adjacent to an activating group) is 1. The largest absolute Gasteiger partial charge is 0.361 e. The standard InChI is InChI=1S/C9H15N5O/c1-6-4-7(12-5-8(15)10-2)14-9(11-3)13-6/h4H,5H2,1-3H3,(H,10,15)(H2,11,12,13,14). The lowest BCUT2D eigenvalue weighted by atomic mass is 10.4. The summed E-state index contributed by atoms with van der Waals surface area (Å²) in [5.41, 5.74) is 0.841. The minimum absolute atomic E-state index is 0.0859. The van der Waals surface area contributed by atoms with E-state index in [2.05, 4.69) is 25.9 Å². The average molecular weight is 209 g/mol. The molecule has 0 saturated heterocycles. The fourth-order valence-electron chi connectivity index (χ4n) is 1.03. The average Bonchev–Trinajstić information content (AvgIpc) is 2.25. The molecule has 0 radical (unpaired) electrons. The van der Waals surface area contributed by atoms with E-state index >= 15 is 0 Å². The number of amides is 1. The van der Waals surface area contributed by atoms with E-state index in [1.165, 1.54) is 0 Å². The van der Waals surface area contributed by atoms with Gasteiger partial charge < -0.3 is 16.0 Å². The Morgan fingerprint density at radius 1 is 1.40 bits per heavy atom. The van der Waals surface area contributed by atoms with Gasteiger partial charge in [-0.1, -0.05) is 0 Å². The quantitative estimate of drug-likeness (QED) is 0.649. The zero-order chi connectivity index (χ0) is 11.3. The van der Waals surface area contributed by atoms with Gasteiger partial charge in [-0.3, -0.25) is 4.79 Å². The summed E-state index contributed by atoms with van der Waals surface area (Å²) in [5.74, 6) is 1.09. The smallest absolute Gasteiger partial charge is 0.239 e. The van der Waals surface area contributed by atoms with Gasteiger partial charge in [-0.05, 0) is 6.92 Å². The van der Waals surface area contributed by atoms with Crippen LogP contribution in [0.1, 0.15) is 5.69 Å². The number of hydrogen-bond acceptors (Lipinski definition) is 5. The predicted octanol–water partition coefficient (Wildman–Crippen LogP) is -0.0154. The number of anilines is 2. The van der Waals surface area contributed by atoms with Gasteiger partial charge in [0.25, 0.3) is 0 Å². The third-order valence-corrected chi connectivity index (χ3v) is 1.79. The summed E-state index contributed by atoms with van der Waals surface area (Å²) >= 11 is 0. The molecule has 6 nitrogen and oxygen atoms in total. The highest BCUT2D eigenvalue weighted by molar-refractivity contribution is 5.80. The van der Waals surface area contributed by atoms with Crippen LogP contribution in [0, 0.1) is 6.92 Å². The Hall–Kier alpha value is -1.85. The van der Waals surface area contributed by atoms with Gasteiger partial charge in [-0.15, -0.1) is 0 Å². The number of rotatable bonds is 4. The molecule has 1 rings (SSSR count). The lowest BCUT2D eigenvalue weighted by molar-refractivity contribution is -0.118. The Bertz CT molecular complexity index is 352. The van der Waals surface area contributed by atoms with Gasteiger partial charge in [0.05, 0.1) is 6.54 Å². The zero-order valence-corrected chi connectivity index (χ0v) is 9.09. The maximum atomic E-state index is 11.0. The monoisotopic (exact) mass is 209 g/mol. The molecule has 1 heterocycles. The van der Waals surface area contributed by atoms with Gasteiger partial charge in [-0.2, -0.15) is 4.98 Å². The molecule has 0 fully saturated rings. The van der Waals surface area contributed by atoms with E-state index in [0.717, 1.165) is 5.69 Å². The van der Waals surface area contributed by atoms with Crippen LogP contribution in [0.25, 0.3) is 0 Å². The zero-order valence-electron chi connectivity index (χ0n) is 9.09. The second-order valence-electron chi connectivity index (χ2n) is 2.99. The molecule has 1 aromatic rings. The molecule has 0 aromatic carbocycles. The first-order chi connectivity index (χ1) is 7.15. The maximum absolute atomic E-state index is 11.0. The Kier molecular flexibility index (Phi) is 3.84. The number of aromatic nitrogens is 2. The lowest BCUT2D eigenvalue weighted by Gasteiger charge is -2.07. The van der Waals surface area contributed by atoms with Crippen LogP contribution in [0.5, 0.6) is 0 Å². The second kappa shape index (κ2) is 5.14. The Balaban J connectivity index is 2.68. The highest BCUT2D eigenvalue weighted by Crippen LogP contribution is 2.08. The molecule has 0 bridgehead atoms. The molecule has 1 aromatic heterocycles. The Morgan fingerprint density at radius 2 is 2.13 bits per heavy atom. The van der Waals surface area contributed by atoms with Crippen LogP contribution in [0.3, 0.4) is 0 Å². The van der Waals surface area contributed by atoms with Gasteiger partial charge in [-0.25, -0.2) is 4.98 Å². The number of carbonyl (C=O) groups is 1. The summed E-state index contributed by atoms with van der Waals surface area (Å²) in [6, 6.07) is 1.78. The fraction of sp³-hybridized carbons (Fsp3) is 0.444. The van der Waals surface area contributed by atoms with Gasteiger partial charge in [0.2, 0.25) is 11.9 Å². The molecule has 15 heavy (non-hydrogen) atoms. The lowest BCUT2D eigenvalue weighted by Crippen LogP contribution is -2.26. The number of carbonyl (C=O) groups excluding carboxylic acids is 1. The van der Waals surface area contributed by atoms with Crippen LogP contribution >= 0.6 is 0 Å². The molecule has 3 N–H and O–H groups in total. The summed E-state index contributed by atoms with van der Waals surface area (Å²) in [5, 5.41) is 8.27. The van der Waals surface area contributed by atoms with E-state index < -0.39 is 0 Å². The number of hydrogen-bond donors (Lipinski definition) is 3. The molecule has 0 spiro atoms. The SMILES string of the molecule is CNC(=O)CNc1cc(C)nc(NC)n1. The van der Waals surface area contributed by atoms with Crippen molar-refractivity contribution in [3.63, 3.8) is 0 Å². The van der Waals surface area contributed by atoms with E-state index in [0.29, 0.717) is 11.8 Å². The normalized spacial score (nSPS) is 9.53. The van der Waals surface area contributed by atoms with E-state index in [4.69, 9.17) is 0 Å². The predicted molar refractivity (Wildman–Crippen MR) is 58.9 cm³/mol. The van der Waals surface area contributed by atoms with Crippen LogP contribution in [-0.4, -0.2) is 36.5 Å². The molecule has 0 aliphatic heterocycles. The molecule has 0 atom stereocenters. The van der Waals surface area contributed by atoms with E-state index in [1.54, 1.807) is 20.2 Å². The second-order valence-corrected chi connectivity index (χ2v) is 2.99. The van der Waals surface area contributed by atoms with Crippen molar-refractivity contribution in [1.29, 1.82) is 0 Å². The molecule has 0 aliphatic rings. The van der Waals surface area contributed by atoms with E-state index in [-0.39, 0.29) is 12.5 Å². The number of nitrogens with one attached hydrogen (secondary N) is 3. The van der Waals surface area contributed by atoms with Crippen molar-refractivity contribution in [3.8, 4) is 0 Å². The Morgan fingerprint density at radius 3 is 2.73 bits per heavy atom. The van der Waals surface area contributed by atoms with Crippen molar-refractivity contribution in [2.24, 2.45) is 0 Å². The van der Waals surface area contributed by atoms with Crippen molar-refractivity contribution in [2.75, 3.05) is 31.3 Å². The van der Waals surface area contributed by atoms with Crippen molar-refractivity contribution in [2.45, 2.75) is 6.92 Å². The van der Waals surface area contributed by atoms with Gasteiger partial charge in [0.15, 0.2) is 0 Å². The molecule has 0 saturated carbocycles. The molecule has 1 amide bonds. The summed E-state index contributed by atoms with van der Waals surface area (Å²) < 4.78 is 0. The van der Waals surface area contributed by atoms with Crippen molar-refractivity contribution >= 4 is 17.7 Å². The van der Waals surface area contributed by atoms with Crippen molar-refractivity contribution < 1.29 is 4.79 Å². The van der Waals surface area contributed by atoms with Gasteiger partial charge in [0, 0.05) is 25.9 Å². The van der Waals surface area contributed by atoms with Crippen molar-refractivity contribution in [1.82, 2.24) is 15.3 Å². The summed E-state index contributed by atoms with van der Waals surface area (Å²) in [6.45, 7) is 2.07. The minimum Gasteiger partial charge on any atom is -0.361 e. The first-order valence-electron chi connectivity index (χ1n) is 4.63. The number of aryl methyl sites for hydroxylation is 1. The van der Waals surface area contributed by atoms with E-state index in [1.807, 2.05) is 6.92 Å². The molecule has 0 aliphatic carbocycles. The number of nitrogens with zero attached hydrogens (tertiary/aromatic N) is 2. The molecule has 6 heteroatoms. The Labute approximate surface area is 88.5 Å². The summed E-state index contributed by atoms with van der Waals surface area (Å²) in [6.07, 6.45) is 0.